The molecule has 3 rings (SSSR count). The Kier molecular flexibility index (Phi) is 3.62. The molecule has 0 bridgehead atoms. The van der Waals surface area contributed by atoms with Crippen molar-refractivity contribution in [3.63, 3.8) is 0 Å². The standard InChI is InChI=1S/C15H16N2O4/c18-14(16-10-15(19)6-2-1-3-7-15)11-9-13(21-17-11)12-5-4-8-20-12/h2,4-6,8-9,19H,1,3,7,10H2,(H,16,18). The van der Waals surface area contributed by atoms with Gasteiger partial charge in [-0.1, -0.05) is 17.3 Å². The monoisotopic (exact) mass is 288 g/mol. The summed E-state index contributed by atoms with van der Waals surface area (Å²) in [4.78, 5) is 12.0. The SMILES string of the molecule is O=C(NCC1(O)C=CCCC1)c1cc(-c2ccco2)on1. The number of allylic oxidation sites excluding steroid dienone is 1. The van der Waals surface area contributed by atoms with Gasteiger partial charge in [-0.2, -0.15) is 0 Å². The minimum Gasteiger partial charge on any atom is -0.461 e. The van der Waals surface area contributed by atoms with Crippen molar-refractivity contribution in [3.05, 3.63) is 42.3 Å². The molecule has 0 saturated carbocycles. The zero-order chi connectivity index (χ0) is 14.7. The summed E-state index contributed by atoms with van der Waals surface area (Å²) in [5.41, 5.74) is -0.814. The predicted molar refractivity (Wildman–Crippen MR) is 74.5 cm³/mol. The van der Waals surface area contributed by atoms with Gasteiger partial charge >= 0.3 is 0 Å². The van der Waals surface area contributed by atoms with Crippen LogP contribution in [0.2, 0.25) is 0 Å². The molecule has 2 aromatic rings. The number of furan rings is 1. The second kappa shape index (κ2) is 5.57. The lowest BCUT2D eigenvalue weighted by Crippen LogP contribution is -2.42. The van der Waals surface area contributed by atoms with Crippen molar-refractivity contribution in [3.8, 4) is 11.5 Å². The maximum Gasteiger partial charge on any atom is 0.273 e. The molecular formula is C15H16N2O4. The van der Waals surface area contributed by atoms with E-state index in [4.69, 9.17) is 8.94 Å². The van der Waals surface area contributed by atoms with Gasteiger partial charge in [0.05, 0.1) is 18.4 Å². The molecule has 0 aliphatic heterocycles. The van der Waals surface area contributed by atoms with Crippen LogP contribution in [0.15, 0.2) is 45.6 Å². The molecule has 2 N–H and O–H groups in total. The van der Waals surface area contributed by atoms with E-state index in [1.807, 2.05) is 6.08 Å². The van der Waals surface area contributed by atoms with Crippen LogP contribution in [-0.2, 0) is 0 Å². The molecule has 2 heterocycles. The van der Waals surface area contributed by atoms with Crippen LogP contribution in [0.1, 0.15) is 29.8 Å². The first-order chi connectivity index (χ1) is 10.2. The van der Waals surface area contributed by atoms with E-state index in [1.54, 1.807) is 18.2 Å². The van der Waals surface area contributed by atoms with Crippen molar-refractivity contribution < 1.29 is 18.8 Å². The molecule has 0 spiro atoms. The van der Waals surface area contributed by atoms with Crippen LogP contribution in [0.25, 0.3) is 11.5 Å². The van der Waals surface area contributed by atoms with Crippen LogP contribution in [0.3, 0.4) is 0 Å². The van der Waals surface area contributed by atoms with Crippen LogP contribution >= 0.6 is 0 Å². The van der Waals surface area contributed by atoms with Crippen molar-refractivity contribution in [2.24, 2.45) is 0 Å². The van der Waals surface area contributed by atoms with E-state index in [0.717, 1.165) is 12.8 Å². The van der Waals surface area contributed by atoms with Crippen molar-refractivity contribution in [2.75, 3.05) is 6.54 Å². The highest BCUT2D eigenvalue weighted by Crippen LogP contribution is 2.22. The molecule has 1 atom stereocenters. The van der Waals surface area contributed by atoms with Gasteiger partial charge in [-0.15, -0.1) is 0 Å². The van der Waals surface area contributed by atoms with Crippen LogP contribution in [-0.4, -0.2) is 28.3 Å². The summed E-state index contributed by atoms with van der Waals surface area (Å²) < 4.78 is 10.2. The highest BCUT2D eigenvalue weighted by atomic mass is 16.5. The van der Waals surface area contributed by atoms with Gasteiger partial charge in [0.25, 0.3) is 5.91 Å². The highest BCUT2D eigenvalue weighted by molar-refractivity contribution is 5.93. The number of aromatic nitrogens is 1. The molecule has 1 aliphatic rings. The van der Waals surface area contributed by atoms with E-state index in [2.05, 4.69) is 10.5 Å². The average Bonchev–Trinajstić information content (AvgIpc) is 3.16. The Morgan fingerprint density at radius 1 is 1.48 bits per heavy atom. The Bertz CT molecular complexity index is 644. The molecule has 6 nitrogen and oxygen atoms in total. The zero-order valence-corrected chi connectivity index (χ0v) is 11.4. The Morgan fingerprint density at radius 3 is 3.10 bits per heavy atom. The van der Waals surface area contributed by atoms with E-state index < -0.39 is 5.60 Å². The number of amides is 1. The molecule has 0 radical (unpaired) electrons. The number of carbonyl (C=O) groups excluding carboxylic acids is 1. The minimum atomic E-state index is -0.971. The lowest BCUT2D eigenvalue weighted by atomic mass is 9.91. The first kappa shape index (κ1) is 13.6. The van der Waals surface area contributed by atoms with Gasteiger partial charge in [0.15, 0.2) is 11.5 Å². The Balaban J connectivity index is 1.63. The smallest absolute Gasteiger partial charge is 0.273 e. The normalized spacial score (nSPS) is 21.4. The fourth-order valence-corrected chi connectivity index (χ4v) is 2.30. The van der Waals surface area contributed by atoms with Crippen LogP contribution in [0.5, 0.6) is 0 Å². The molecule has 6 heteroatoms. The number of hydrogen-bond acceptors (Lipinski definition) is 5. The minimum absolute atomic E-state index is 0.157. The van der Waals surface area contributed by atoms with Crippen LogP contribution in [0, 0.1) is 0 Å². The van der Waals surface area contributed by atoms with E-state index in [1.165, 1.54) is 12.3 Å². The molecule has 2 aromatic heterocycles. The summed E-state index contributed by atoms with van der Waals surface area (Å²) in [6, 6.07) is 4.95. The molecule has 1 amide bonds. The van der Waals surface area contributed by atoms with E-state index in [0.29, 0.717) is 17.9 Å². The maximum absolute atomic E-state index is 12.0. The third-order valence-corrected chi connectivity index (χ3v) is 3.47. The van der Waals surface area contributed by atoms with E-state index >= 15 is 0 Å². The van der Waals surface area contributed by atoms with Gasteiger partial charge in [0, 0.05) is 6.07 Å². The van der Waals surface area contributed by atoms with Crippen molar-refractivity contribution in [1.82, 2.24) is 10.5 Å². The molecule has 0 aromatic carbocycles. The summed E-state index contributed by atoms with van der Waals surface area (Å²) in [5.74, 6) is 0.515. The molecule has 1 aliphatic carbocycles. The fourth-order valence-electron chi connectivity index (χ4n) is 2.30. The highest BCUT2D eigenvalue weighted by Gasteiger charge is 2.26. The number of aliphatic hydroxyl groups is 1. The van der Waals surface area contributed by atoms with Gasteiger partial charge in [-0.3, -0.25) is 4.79 Å². The number of carbonyl (C=O) groups is 1. The molecule has 21 heavy (non-hydrogen) atoms. The summed E-state index contributed by atoms with van der Waals surface area (Å²) in [6.07, 6.45) is 7.71. The molecule has 0 fully saturated rings. The first-order valence-electron chi connectivity index (χ1n) is 6.85. The Morgan fingerprint density at radius 2 is 2.38 bits per heavy atom. The first-order valence-corrected chi connectivity index (χ1v) is 6.85. The van der Waals surface area contributed by atoms with Gasteiger partial charge in [-0.05, 0) is 31.4 Å². The largest absolute Gasteiger partial charge is 0.461 e. The van der Waals surface area contributed by atoms with Gasteiger partial charge in [0.1, 0.15) is 0 Å². The van der Waals surface area contributed by atoms with Gasteiger partial charge in [-0.25, -0.2) is 0 Å². The summed E-state index contributed by atoms with van der Waals surface area (Å²) in [7, 11) is 0. The summed E-state index contributed by atoms with van der Waals surface area (Å²) in [6.45, 7) is 0.158. The van der Waals surface area contributed by atoms with Crippen LogP contribution < -0.4 is 5.32 Å². The van der Waals surface area contributed by atoms with Gasteiger partial charge < -0.3 is 19.4 Å². The number of nitrogens with zero attached hydrogens (tertiary/aromatic N) is 1. The number of hydrogen-bond donors (Lipinski definition) is 2. The van der Waals surface area contributed by atoms with Crippen molar-refractivity contribution in [1.29, 1.82) is 0 Å². The van der Waals surface area contributed by atoms with Crippen molar-refractivity contribution >= 4 is 5.91 Å². The lowest BCUT2D eigenvalue weighted by Gasteiger charge is -2.27. The van der Waals surface area contributed by atoms with Gasteiger partial charge in [0.2, 0.25) is 5.76 Å². The second-order valence-corrected chi connectivity index (χ2v) is 5.13. The summed E-state index contributed by atoms with van der Waals surface area (Å²) in [5, 5.41) is 16.6. The Hall–Kier alpha value is -2.34. The fraction of sp³-hybridized carbons (Fsp3) is 0.333. The number of rotatable bonds is 4. The van der Waals surface area contributed by atoms with E-state index in [-0.39, 0.29) is 18.1 Å². The van der Waals surface area contributed by atoms with Crippen LogP contribution in [0.4, 0.5) is 0 Å². The zero-order valence-electron chi connectivity index (χ0n) is 11.4. The van der Waals surface area contributed by atoms with Crippen molar-refractivity contribution in [2.45, 2.75) is 24.9 Å². The molecule has 0 saturated heterocycles. The quantitative estimate of drug-likeness (QED) is 0.841. The Labute approximate surface area is 121 Å². The summed E-state index contributed by atoms with van der Waals surface area (Å²) >= 11 is 0. The van der Waals surface area contributed by atoms with E-state index in [9.17, 15) is 9.90 Å². The average molecular weight is 288 g/mol. The third-order valence-electron chi connectivity index (χ3n) is 3.47. The molecule has 110 valence electrons. The predicted octanol–water partition coefficient (Wildman–Crippen LogP) is 2.14. The molecule has 1 unspecified atom stereocenters. The second-order valence-electron chi connectivity index (χ2n) is 5.13. The third kappa shape index (κ3) is 3.05. The topological polar surface area (TPSA) is 88.5 Å². The lowest BCUT2D eigenvalue weighted by molar-refractivity contribution is 0.0656. The molecular weight excluding hydrogens is 272 g/mol. The maximum atomic E-state index is 12.0. The number of nitrogens with one attached hydrogen (secondary N) is 1.